The van der Waals surface area contributed by atoms with Gasteiger partial charge in [0.25, 0.3) is 0 Å². The third-order valence-corrected chi connectivity index (χ3v) is 2.10. The Balaban J connectivity index is 2.24. The molecule has 4 nitrogen and oxygen atoms in total. The number of ketones is 2. The Morgan fingerprint density at radius 2 is 2.08 bits per heavy atom. The second-order valence-corrected chi connectivity index (χ2v) is 3.40. The average molecular weight is 183 g/mol. The summed E-state index contributed by atoms with van der Waals surface area (Å²) in [7, 11) is 0. The van der Waals surface area contributed by atoms with Crippen molar-refractivity contribution in [1.82, 2.24) is 0 Å². The molecule has 0 aliphatic heterocycles. The van der Waals surface area contributed by atoms with Gasteiger partial charge in [0.05, 0.1) is 6.04 Å². The Morgan fingerprint density at radius 1 is 1.46 bits per heavy atom. The van der Waals surface area contributed by atoms with Gasteiger partial charge in [0.1, 0.15) is 6.29 Å². The summed E-state index contributed by atoms with van der Waals surface area (Å²) in [5.41, 5.74) is 5.28. The number of hydrogen-bond acceptors (Lipinski definition) is 4. The van der Waals surface area contributed by atoms with E-state index in [-0.39, 0.29) is 30.3 Å². The van der Waals surface area contributed by atoms with Crippen molar-refractivity contribution in [1.29, 1.82) is 0 Å². The zero-order valence-corrected chi connectivity index (χ0v) is 7.36. The number of aldehydes is 1. The van der Waals surface area contributed by atoms with Crippen LogP contribution in [-0.4, -0.2) is 23.9 Å². The molecule has 4 heteroatoms. The van der Waals surface area contributed by atoms with Crippen LogP contribution in [0.1, 0.15) is 25.7 Å². The van der Waals surface area contributed by atoms with Crippen molar-refractivity contribution in [3.05, 3.63) is 0 Å². The second-order valence-electron chi connectivity index (χ2n) is 3.40. The van der Waals surface area contributed by atoms with Crippen LogP contribution in [0.2, 0.25) is 0 Å². The largest absolute Gasteiger partial charge is 0.322 e. The molecule has 0 unspecified atom stereocenters. The summed E-state index contributed by atoms with van der Waals surface area (Å²) in [6, 6.07) is -0.615. The van der Waals surface area contributed by atoms with Crippen molar-refractivity contribution >= 4 is 17.9 Å². The fourth-order valence-corrected chi connectivity index (χ4v) is 1.06. The standard InChI is InChI=1S/C9H13NO3/c10-7(5-11)3-4-8(12)9(13)6-1-2-6/h5-7H,1-4,10H2/t7-/m0/s1. The number of Topliss-reactive ketones (excluding diaryl/α,β-unsaturated/α-hetero) is 2. The van der Waals surface area contributed by atoms with E-state index in [2.05, 4.69) is 0 Å². The molecule has 1 aliphatic carbocycles. The minimum absolute atomic E-state index is 0.0278. The molecule has 0 heterocycles. The third-order valence-electron chi connectivity index (χ3n) is 2.10. The summed E-state index contributed by atoms with van der Waals surface area (Å²) in [5.74, 6) is -0.683. The molecule has 0 saturated heterocycles. The normalized spacial score (nSPS) is 17.9. The van der Waals surface area contributed by atoms with Crippen molar-refractivity contribution in [3.63, 3.8) is 0 Å². The molecule has 1 fully saturated rings. The predicted octanol–water partition coefficient (Wildman–Crippen LogP) is -0.159. The molecule has 0 amide bonds. The van der Waals surface area contributed by atoms with Crippen molar-refractivity contribution < 1.29 is 14.4 Å². The van der Waals surface area contributed by atoms with E-state index in [9.17, 15) is 14.4 Å². The number of nitrogens with two attached hydrogens (primary N) is 1. The number of rotatable bonds is 6. The Bertz CT molecular complexity index is 233. The van der Waals surface area contributed by atoms with Crippen LogP contribution in [0.15, 0.2) is 0 Å². The molecule has 2 N–H and O–H groups in total. The number of hydrogen-bond donors (Lipinski definition) is 1. The first-order chi connectivity index (χ1) is 6.15. The molecule has 0 aromatic rings. The highest BCUT2D eigenvalue weighted by Gasteiger charge is 2.33. The highest BCUT2D eigenvalue weighted by Crippen LogP contribution is 2.30. The first kappa shape index (κ1) is 10.1. The molecule has 0 aromatic heterocycles. The van der Waals surface area contributed by atoms with Crippen LogP contribution < -0.4 is 5.73 Å². The van der Waals surface area contributed by atoms with Crippen LogP contribution in [0.3, 0.4) is 0 Å². The van der Waals surface area contributed by atoms with E-state index in [0.29, 0.717) is 6.29 Å². The minimum Gasteiger partial charge on any atom is -0.322 e. The molecule has 1 saturated carbocycles. The van der Waals surface area contributed by atoms with Crippen LogP contribution in [0.25, 0.3) is 0 Å². The molecule has 0 radical (unpaired) electrons. The van der Waals surface area contributed by atoms with Gasteiger partial charge in [0, 0.05) is 12.3 Å². The van der Waals surface area contributed by atoms with E-state index in [1.807, 2.05) is 0 Å². The zero-order chi connectivity index (χ0) is 9.84. The molecule has 13 heavy (non-hydrogen) atoms. The maximum absolute atomic E-state index is 11.1. The van der Waals surface area contributed by atoms with Crippen LogP contribution in [0.4, 0.5) is 0 Å². The van der Waals surface area contributed by atoms with Crippen molar-refractivity contribution in [2.75, 3.05) is 0 Å². The fraction of sp³-hybridized carbons (Fsp3) is 0.667. The quantitative estimate of drug-likeness (QED) is 0.458. The Kier molecular flexibility index (Phi) is 3.31. The van der Waals surface area contributed by atoms with E-state index in [1.54, 1.807) is 0 Å². The first-order valence-corrected chi connectivity index (χ1v) is 4.43. The lowest BCUT2D eigenvalue weighted by atomic mass is 10.1. The van der Waals surface area contributed by atoms with E-state index in [1.165, 1.54) is 0 Å². The smallest absolute Gasteiger partial charge is 0.201 e. The van der Waals surface area contributed by atoms with Gasteiger partial charge in [-0.1, -0.05) is 0 Å². The van der Waals surface area contributed by atoms with Crippen LogP contribution in [0.5, 0.6) is 0 Å². The van der Waals surface area contributed by atoms with Crippen molar-refractivity contribution in [2.24, 2.45) is 11.7 Å². The van der Waals surface area contributed by atoms with Gasteiger partial charge in [0.15, 0.2) is 5.78 Å². The molecule has 0 spiro atoms. The summed E-state index contributed by atoms with van der Waals surface area (Å²) < 4.78 is 0. The molecule has 1 rings (SSSR count). The maximum atomic E-state index is 11.1. The monoisotopic (exact) mass is 183 g/mol. The maximum Gasteiger partial charge on any atom is 0.201 e. The van der Waals surface area contributed by atoms with Gasteiger partial charge in [0.2, 0.25) is 5.78 Å². The van der Waals surface area contributed by atoms with Crippen LogP contribution >= 0.6 is 0 Å². The van der Waals surface area contributed by atoms with Gasteiger partial charge in [-0.25, -0.2) is 0 Å². The second kappa shape index (κ2) is 4.28. The predicted molar refractivity (Wildman–Crippen MR) is 46.0 cm³/mol. The molecule has 0 aromatic carbocycles. The summed E-state index contributed by atoms with van der Waals surface area (Å²) >= 11 is 0. The SMILES string of the molecule is N[C@H](C=O)CCC(=O)C(=O)C1CC1. The van der Waals surface area contributed by atoms with Crippen LogP contribution in [0, 0.1) is 5.92 Å². The Labute approximate surface area is 76.5 Å². The van der Waals surface area contributed by atoms with Gasteiger partial charge in [-0.15, -0.1) is 0 Å². The van der Waals surface area contributed by atoms with E-state index in [0.717, 1.165) is 12.8 Å². The van der Waals surface area contributed by atoms with E-state index in [4.69, 9.17) is 5.73 Å². The average Bonchev–Trinajstić information content (AvgIpc) is 2.95. The van der Waals surface area contributed by atoms with Gasteiger partial charge in [-0.3, -0.25) is 9.59 Å². The molecule has 1 atom stereocenters. The first-order valence-electron chi connectivity index (χ1n) is 4.43. The van der Waals surface area contributed by atoms with E-state index < -0.39 is 6.04 Å². The van der Waals surface area contributed by atoms with Crippen molar-refractivity contribution in [3.8, 4) is 0 Å². The van der Waals surface area contributed by atoms with E-state index >= 15 is 0 Å². The van der Waals surface area contributed by atoms with Gasteiger partial charge >= 0.3 is 0 Å². The Morgan fingerprint density at radius 3 is 2.54 bits per heavy atom. The Hall–Kier alpha value is -1.03. The lowest BCUT2D eigenvalue weighted by Crippen LogP contribution is -2.24. The highest BCUT2D eigenvalue weighted by molar-refractivity contribution is 6.38. The lowest BCUT2D eigenvalue weighted by molar-refractivity contribution is -0.137. The summed E-state index contributed by atoms with van der Waals surface area (Å²) in [6.07, 6.45) is 2.65. The molecule has 72 valence electrons. The van der Waals surface area contributed by atoms with Gasteiger partial charge in [-0.05, 0) is 19.3 Å². The molecule has 1 aliphatic rings. The lowest BCUT2D eigenvalue weighted by Gasteiger charge is -2.01. The van der Waals surface area contributed by atoms with Gasteiger partial charge in [-0.2, -0.15) is 0 Å². The summed E-state index contributed by atoms with van der Waals surface area (Å²) in [4.78, 5) is 32.4. The molecular weight excluding hydrogens is 170 g/mol. The third kappa shape index (κ3) is 3.06. The number of carbonyl (C=O) groups is 3. The highest BCUT2D eigenvalue weighted by atomic mass is 16.2. The topological polar surface area (TPSA) is 77.2 Å². The summed E-state index contributed by atoms with van der Waals surface area (Å²) in [6.45, 7) is 0. The van der Waals surface area contributed by atoms with Crippen molar-refractivity contribution in [2.45, 2.75) is 31.7 Å². The minimum atomic E-state index is -0.615. The summed E-state index contributed by atoms with van der Waals surface area (Å²) in [5, 5.41) is 0. The van der Waals surface area contributed by atoms with Gasteiger partial charge < -0.3 is 10.5 Å². The van der Waals surface area contributed by atoms with Crippen LogP contribution in [-0.2, 0) is 14.4 Å². The molecule has 0 bridgehead atoms. The zero-order valence-electron chi connectivity index (χ0n) is 7.36. The molecular formula is C9H13NO3. The fourth-order valence-electron chi connectivity index (χ4n) is 1.06. The number of carbonyl (C=O) groups excluding carboxylic acids is 3.